The second-order valence-electron chi connectivity index (χ2n) is 7.61. The summed E-state index contributed by atoms with van der Waals surface area (Å²) in [5, 5.41) is 9.47. The Hall–Kier alpha value is -1.93. The number of nitrogens with zero attached hydrogens (tertiary/aromatic N) is 1. The topological polar surface area (TPSA) is 104 Å². The van der Waals surface area contributed by atoms with Crippen molar-refractivity contribution in [2.45, 2.75) is 62.4 Å². The summed E-state index contributed by atoms with van der Waals surface area (Å²) in [6.07, 6.45) is 4.80. The van der Waals surface area contributed by atoms with Crippen molar-refractivity contribution in [2.24, 2.45) is 5.92 Å². The Morgan fingerprint density at radius 2 is 1.89 bits per heavy atom. The number of hydrogen-bond donors (Lipinski definition) is 2. The summed E-state index contributed by atoms with van der Waals surface area (Å²) in [5.41, 5.74) is 0.199. The third kappa shape index (κ3) is 4.50. The van der Waals surface area contributed by atoms with E-state index in [4.69, 9.17) is 0 Å². The Morgan fingerprint density at radius 1 is 1.19 bits per heavy atom. The molecule has 7 nitrogen and oxygen atoms in total. The van der Waals surface area contributed by atoms with Crippen molar-refractivity contribution in [2.75, 3.05) is 6.54 Å². The van der Waals surface area contributed by atoms with Gasteiger partial charge < -0.3 is 10.0 Å². The molecule has 2 atom stereocenters. The van der Waals surface area contributed by atoms with Crippen LogP contribution in [0.5, 0.6) is 0 Å². The second-order valence-corrected chi connectivity index (χ2v) is 9.33. The lowest BCUT2D eigenvalue weighted by molar-refractivity contribution is -0.144. The van der Waals surface area contributed by atoms with Gasteiger partial charge in [-0.15, -0.1) is 0 Å². The van der Waals surface area contributed by atoms with Gasteiger partial charge >= 0.3 is 5.97 Å². The lowest BCUT2D eigenvalue weighted by atomic mass is 9.92. The highest BCUT2D eigenvalue weighted by Crippen LogP contribution is 2.25. The van der Waals surface area contributed by atoms with Gasteiger partial charge in [0.2, 0.25) is 10.0 Å². The van der Waals surface area contributed by atoms with Crippen molar-refractivity contribution < 1.29 is 23.1 Å². The molecule has 0 spiro atoms. The normalized spacial score (nSPS) is 24.1. The number of piperidine rings is 1. The first kappa shape index (κ1) is 19.8. The molecule has 1 saturated carbocycles. The summed E-state index contributed by atoms with van der Waals surface area (Å²) in [5.74, 6) is -1.23. The number of hydrogen-bond acceptors (Lipinski definition) is 4. The third-order valence-corrected chi connectivity index (χ3v) is 7.00. The highest BCUT2D eigenvalue weighted by atomic mass is 32.2. The number of amides is 1. The minimum atomic E-state index is -3.71. The fraction of sp³-hybridized carbons (Fsp3) is 0.579. The van der Waals surface area contributed by atoms with Crippen molar-refractivity contribution in [3.05, 3.63) is 29.8 Å². The van der Waals surface area contributed by atoms with Crippen LogP contribution in [0, 0.1) is 5.92 Å². The molecule has 0 radical (unpaired) electrons. The van der Waals surface area contributed by atoms with Gasteiger partial charge in [0.25, 0.3) is 5.91 Å². The summed E-state index contributed by atoms with van der Waals surface area (Å²) in [7, 11) is -3.71. The standard InChI is InChI=1S/C19H26N2O5S/c1-13-9-10-21(17(11-13)19(23)24)18(22)14-5-4-8-16(12-14)27(25,26)20-15-6-2-3-7-15/h4-5,8,12-13,15,17,20H,2-3,6-7,9-11H2,1H3,(H,23,24). The number of carbonyl (C=O) groups excluding carboxylic acids is 1. The zero-order valence-electron chi connectivity index (χ0n) is 15.4. The number of nitrogens with one attached hydrogen (secondary N) is 1. The average molecular weight is 394 g/mol. The maximum atomic E-state index is 12.9. The lowest BCUT2D eigenvalue weighted by Gasteiger charge is -2.36. The van der Waals surface area contributed by atoms with Gasteiger partial charge in [-0.1, -0.05) is 25.8 Å². The summed E-state index contributed by atoms with van der Waals surface area (Å²) >= 11 is 0. The summed E-state index contributed by atoms with van der Waals surface area (Å²) in [6.45, 7) is 2.33. The highest BCUT2D eigenvalue weighted by molar-refractivity contribution is 7.89. The molecule has 148 valence electrons. The van der Waals surface area contributed by atoms with E-state index in [0.717, 1.165) is 32.1 Å². The molecule has 0 bridgehead atoms. The predicted molar refractivity (Wildman–Crippen MR) is 99.9 cm³/mol. The summed E-state index contributed by atoms with van der Waals surface area (Å²) in [4.78, 5) is 25.8. The molecule has 27 heavy (non-hydrogen) atoms. The molecule has 1 aromatic carbocycles. The number of carbonyl (C=O) groups is 2. The maximum absolute atomic E-state index is 12.9. The van der Waals surface area contributed by atoms with Gasteiger partial charge in [-0.3, -0.25) is 4.79 Å². The average Bonchev–Trinajstić information content (AvgIpc) is 3.13. The summed E-state index contributed by atoms with van der Waals surface area (Å²) < 4.78 is 28.0. The third-order valence-electron chi connectivity index (χ3n) is 5.48. The number of rotatable bonds is 5. The van der Waals surface area contributed by atoms with Crippen LogP contribution in [0.4, 0.5) is 0 Å². The van der Waals surface area contributed by atoms with Crippen LogP contribution in [0.25, 0.3) is 0 Å². The number of benzene rings is 1. The minimum Gasteiger partial charge on any atom is -0.480 e. The Morgan fingerprint density at radius 3 is 2.56 bits per heavy atom. The fourth-order valence-electron chi connectivity index (χ4n) is 3.91. The van der Waals surface area contributed by atoms with E-state index in [-0.39, 0.29) is 22.4 Å². The van der Waals surface area contributed by atoms with E-state index in [1.54, 1.807) is 0 Å². The van der Waals surface area contributed by atoms with E-state index in [0.29, 0.717) is 13.0 Å². The molecule has 2 N–H and O–H groups in total. The maximum Gasteiger partial charge on any atom is 0.326 e. The molecule has 1 aliphatic heterocycles. The van der Waals surface area contributed by atoms with Crippen LogP contribution in [-0.2, 0) is 14.8 Å². The predicted octanol–water partition coefficient (Wildman–Crippen LogP) is 2.23. The molecule has 1 aromatic rings. The number of aliphatic carboxylic acids is 1. The van der Waals surface area contributed by atoms with Crippen molar-refractivity contribution in [1.29, 1.82) is 0 Å². The van der Waals surface area contributed by atoms with Crippen LogP contribution in [0.15, 0.2) is 29.2 Å². The molecule has 1 saturated heterocycles. The van der Waals surface area contributed by atoms with Crippen molar-refractivity contribution in [1.82, 2.24) is 9.62 Å². The zero-order chi connectivity index (χ0) is 19.6. The Labute approximate surface area is 159 Å². The molecule has 1 aliphatic carbocycles. The quantitative estimate of drug-likeness (QED) is 0.797. The van der Waals surface area contributed by atoms with Crippen molar-refractivity contribution in [3.63, 3.8) is 0 Å². The molecule has 8 heteroatoms. The van der Waals surface area contributed by atoms with Gasteiger partial charge in [0.1, 0.15) is 6.04 Å². The molecular weight excluding hydrogens is 368 g/mol. The Bertz CT molecular complexity index is 817. The number of likely N-dealkylation sites (tertiary alicyclic amines) is 1. The van der Waals surface area contributed by atoms with E-state index in [2.05, 4.69) is 4.72 Å². The number of sulfonamides is 1. The van der Waals surface area contributed by atoms with Gasteiger partial charge in [0, 0.05) is 18.2 Å². The first-order chi connectivity index (χ1) is 12.8. The van der Waals surface area contributed by atoms with Crippen molar-refractivity contribution in [3.8, 4) is 0 Å². The molecule has 1 amide bonds. The van der Waals surface area contributed by atoms with Crippen LogP contribution in [-0.4, -0.2) is 48.9 Å². The van der Waals surface area contributed by atoms with Crippen LogP contribution < -0.4 is 4.72 Å². The largest absolute Gasteiger partial charge is 0.480 e. The fourth-order valence-corrected chi connectivity index (χ4v) is 5.26. The highest BCUT2D eigenvalue weighted by Gasteiger charge is 2.35. The van der Waals surface area contributed by atoms with E-state index in [9.17, 15) is 23.1 Å². The lowest BCUT2D eigenvalue weighted by Crippen LogP contribution is -2.49. The molecule has 0 aromatic heterocycles. The van der Waals surface area contributed by atoms with E-state index >= 15 is 0 Å². The van der Waals surface area contributed by atoms with Gasteiger partial charge in [-0.05, 0) is 49.8 Å². The van der Waals surface area contributed by atoms with Gasteiger partial charge in [0.05, 0.1) is 4.90 Å². The van der Waals surface area contributed by atoms with Crippen LogP contribution in [0.3, 0.4) is 0 Å². The minimum absolute atomic E-state index is 0.0394. The molecular formula is C19H26N2O5S. The Balaban J connectivity index is 1.81. The van der Waals surface area contributed by atoms with Crippen LogP contribution >= 0.6 is 0 Å². The number of carboxylic acids is 1. The molecule has 3 rings (SSSR count). The first-order valence-electron chi connectivity index (χ1n) is 9.44. The smallest absolute Gasteiger partial charge is 0.326 e. The van der Waals surface area contributed by atoms with Crippen LogP contribution in [0.2, 0.25) is 0 Å². The van der Waals surface area contributed by atoms with Gasteiger partial charge in [-0.25, -0.2) is 17.9 Å². The first-order valence-corrected chi connectivity index (χ1v) is 10.9. The van der Waals surface area contributed by atoms with E-state index in [1.807, 2.05) is 6.92 Å². The molecule has 1 heterocycles. The van der Waals surface area contributed by atoms with Crippen LogP contribution in [0.1, 0.15) is 55.8 Å². The number of carboxylic acid groups (broad SMARTS) is 1. The zero-order valence-corrected chi connectivity index (χ0v) is 16.2. The summed E-state index contributed by atoms with van der Waals surface area (Å²) in [6, 6.07) is 4.93. The van der Waals surface area contributed by atoms with Gasteiger partial charge in [-0.2, -0.15) is 0 Å². The molecule has 2 aliphatic rings. The van der Waals surface area contributed by atoms with E-state index in [1.165, 1.54) is 29.2 Å². The second kappa shape index (κ2) is 7.98. The SMILES string of the molecule is CC1CCN(C(=O)c2cccc(S(=O)(=O)NC3CCCC3)c2)C(C(=O)O)C1. The van der Waals surface area contributed by atoms with Crippen molar-refractivity contribution >= 4 is 21.9 Å². The monoisotopic (exact) mass is 394 g/mol. The Kier molecular flexibility index (Phi) is 5.86. The van der Waals surface area contributed by atoms with Gasteiger partial charge in [0.15, 0.2) is 0 Å². The molecule has 2 fully saturated rings. The molecule has 2 unspecified atom stereocenters. The van der Waals surface area contributed by atoms with E-state index < -0.39 is 27.9 Å².